The quantitative estimate of drug-likeness (QED) is 0.558. The number of hydrogen-bond acceptors (Lipinski definition) is 8. The van der Waals surface area contributed by atoms with Gasteiger partial charge in [0.05, 0.1) is 30.1 Å². The molecule has 0 atom stereocenters. The van der Waals surface area contributed by atoms with Crippen LogP contribution in [0.4, 0.5) is 17.6 Å². The molecule has 0 saturated carbocycles. The normalized spacial score (nSPS) is 10.8. The second kappa shape index (κ2) is 6.52. The van der Waals surface area contributed by atoms with Crippen molar-refractivity contribution in [3.05, 3.63) is 42.5 Å². The summed E-state index contributed by atoms with van der Waals surface area (Å²) in [5.74, 6) is 1.91. The summed E-state index contributed by atoms with van der Waals surface area (Å²) in [5, 5.41) is 8.19. The van der Waals surface area contributed by atoms with Crippen LogP contribution in [0.2, 0.25) is 0 Å². The number of hydrogen-bond donors (Lipinski definition) is 2. The Morgan fingerprint density at radius 1 is 1.08 bits per heavy atom. The first-order valence-corrected chi connectivity index (χ1v) is 8.57. The number of nitrogen functional groups attached to an aromatic ring is 1. The number of thiazole rings is 1. The van der Waals surface area contributed by atoms with Gasteiger partial charge in [-0.15, -0.1) is 5.10 Å². The van der Waals surface area contributed by atoms with E-state index in [1.165, 1.54) is 16.0 Å². The Bertz CT molecular complexity index is 1040. The molecule has 0 fully saturated rings. The number of methoxy groups -OCH3 is 2. The number of aromatic nitrogens is 4. The molecule has 0 radical (unpaired) electrons. The van der Waals surface area contributed by atoms with Gasteiger partial charge >= 0.3 is 0 Å². The van der Waals surface area contributed by atoms with Crippen LogP contribution in [0.1, 0.15) is 0 Å². The number of nitrogens with one attached hydrogen (secondary N) is 1. The number of nitrogens with zero attached hydrogens (tertiary/aromatic N) is 4. The zero-order valence-electron chi connectivity index (χ0n) is 14.1. The highest BCUT2D eigenvalue weighted by atomic mass is 32.1. The van der Waals surface area contributed by atoms with Crippen molar-refractivity contribution in [1.29, 1.82) is 0 Å². The molecule has 4 aromatic rings. The minimum Gasteiger partial charge on any atom is -0.497 e. The highest BCUT2D eigenvalue weighted by Crippen LogP contribution is 2.31. The highest BCUT2D eigenvalue weighted by Gasteiger charge is 2.15. The summed E-state index contributed by atoms with van der Waals surface area (Å²) in [6.45, 7) is 0. The smallest absolute Gasteiger partial charge is 0.249 e. The lowest BCUT2D eigenvalue weighted by Crippen LogP contribution is -2.02. The minimum atomic E-state index is 0.244. The lowest BCUT2D eigenvalue weighted by molar-refractivity contribution is 0.405. The highest BCUT2D eigenvalue weighted by molar-refractivity contribution is 7.20. The third-order valence-corrected chi connectivity index (χ3v) is 4.76. The van der Waals surface area contributed by atoms with Crippen molar-refractivity contribution in [2.24, 2.45) is 0 Å². The Morgan fingerprint density at radius 3 is 2.69 bits per heavy atom. The van der Waals surface area contributed by atoms with Gasteiger partial charge in [0.25, 0.3) is 0 Å². The zero-order chi connectivity index (χ0) is 18.1. The van der Waals surface area contributed by atoms with Gasteiger partial charge in [0.2, 0.25) is 17.0 Å². The van der Waals surface area contributed by atoms with Crippen molar-refractivity contribution in [2.45, 2.75) is 0 Å². The molecule has 0 unspecified atom stereocenters. The molecule has 0 aliphatic heterocycles. The maximum absolute atomic E-state index is 6.04. The number of rotatable bonds is 5. The molecule has 0 aliphatic carbocycles. The third kappa shape index (κ3) is 2.88. The van der Waals surface area contributed by atoms with Gasteiger partial charge in [0.15, 0.2) is 0 Å². The van der Waals surface area contributed by atoms with Gasteiger partial charge in [-0.25, -0.2) is 4.98 Å². The summed E-state index contributed by atoms with van der Waals surface area (Å²) in [6, 6.07) is 13.3. The lowest BCUT2D eigenvalue weighted by atomic mass is 10.2. The van der Waals surface area contributed by atoms with Crippen molar-refractivity contribution in [3.63, 3.8) is 0 Å². The van der Waals surface area contributed by atoms with Gasteiger partial charge in [-0.2, -0.15) is 9.67 Å². The van der Waals surface area contributed by atoms with E-state index in [1.807, 2.05) is 30.3 Å². The molecule has 0 saturated heterocycles. The van der Waals surface area contributed by atoms with E-state index >= 15 is 0 Å². The van der Waals surface area contributed by atoms with Crippen LogP contribution >= 0.6 is 11.3 Å². The van der Waals surface area contributed by atoms with Crippen molar-refractivity contribution in [1.82, 2.24) is 19.7 Å². The molecule has 0 amide bonds. The number of nitrogens with two attached hydrogens (primary N) is 1. The largest absolute Gasteiger partial charge is 0.497 e. The molecule has 8 nitrogen and oxygen atoms in total. The first-order chi connectivity index (χ1) is 12.7. The van der Waals surface area contributed by atoms with E-state index in [9.17, 15) is 0 Å². The first-order valence-electron chi connectivity index (χ1n) is 7.75. The van der Waals surface area contributed by atoms with E-state index in [1.54, 1.807) is 26.4 Å². The van der Waals surface area contributed by atoms with Crippen LogP contribution in [0, 0.1) is 0 Å². The predicted octanol–water partition coefficient (Wildman–Crippen LogP) is 3.22. The molecular weight excluding hydrogens is 352 g/mol. The molecule has 2 aromatic carbocycles. The predicted molar refractivity (Wildman–Crippen MR) is 102 cm³/mol. The fraction of sp³-hybridized carbons (Fsp3) is 0.118. The van der Waals surface area contributed by atoms with Gasteiger partial charge in [0, 0.05) is 6.07 Å². The standard InChI is InChI=1S/C17H16N6O2S/c1-24-10-7-8-13(25-2)12(9-10)19-16-21-15(18)23(22-16)17-20-11-5-3-4-6-14(11)26-17/h3-9H,1-2H3,(H3,18,19,21,22). The molecule has 2 heterocycles. The molecule has 3 N–H and O–H groups in total. The van der Waals surface area contributed by atoms with Crippen LogP contribution < -0.4 is 20.5 Å². The van der Waals surface area contributed by atoms with Crippen LogP contribution in [0.15, 0.2) is 42.5 Å². The number of ether oxygens (including phenoxy) is 2. The molecule has 0 bridgehead atoms. The molecule has 0 aliphatic rings. The maximum atomic E-state index is 6.04. The Morgan fingerprint density at radius 2 is 1.92 bits per heavy atom. The summed E-state index contributed by atoms with van der Waals surface area (Å²) in [6.07, 6.45) is 0. The van der Waals surface area contributed by atoms with Crippen LogP contribution in [0.5, 0.6) is 11.5 Å². The average molecular weight is 368 g/mol. The van der Waals surface area contributed by atoms with E-state index < -0.39 is 0 Å². The van der Waals surface area contributed by atoms with E-state index in [0.29, 0.717) is 28.3 Å². The summed E-state index contributed by atoms with van der Waals surface area (Å²) < 4.78 is 13.2. The van der Waals surface area contributed by atoms with Crippen LogP contribution in [-0.4, -0.2) is 34.0 Å². The molecule has 2 aromatic heterocycles. The third-order valence-electron chi connectivity index (χ3n) is 3.75. The lowest BCUT2D eigenvalue weighted by Gasteiger charge is -2.10. The number of para-hydroxylation sites is 1. The monoisotopic (exact) mass is 368 g/mol. The summed E-state index contributed by atoms with van der Waals surface area (Å²) in [5.41, 5.74) is 7.60. The SMILES string of the molecule is COc1ccc(OC)c(Nc2nc(N)n(-c3nc4ccccc4s3)n2)c1. The van der Waals surface area contributed by atoms with Crippen LogP contribution in [-0.2, 0) is 0 Å². The van der Waals surface area contributed by atoms with Crippen molar-refractivity contribution >= 4 is 39.1 Å². The van der Waals surface area contributed by atoms with Crippen molar-refractivity contribution in [3.8, 4) is 16.6 Å². The topological polar surface area (TPSA) is 100 Å². The maximum Gasteiger partial charge on any atom is 0.249 e. The minimum absolute atomic E-state index is 0.244. The van der Waals surface area contributed by atoms with E-state index in [2.05, 4.69) is 20.4 Å². The second-order valence-electron chi connectivity index (χ2n) is 5.36. The molecule has 132 valence electrons. The zero-order valence-corrected chi connectivity index (χ0v) is 14.9. The van der Waals surface area contributed by atoms with Gasteiger partial charge in [-0.1, -0.05) is 23.5 Å². The first kappa shape index (κ1) is 16.2. The van der Waals surface area contributed by atoms with Gasteiger partial charge in [0.1, 0.15) is 11.5 Å². The summed E-state index contributed by atoms with van der Waals surface area (Å²) >= 11 is 1.49. The Hall–Kier alpha value is -3.33. The van der Waals surface area contributed by atoms with Gasteiger partial charge in [-0.05, 0) is 24.3 Å². The van der Waals surface area contributed by atoms with E-state index in [-0.39, 0.29) is 5.95 Å². The molecule has 26 heavy (non-hydrogen) atoms. The van der Waals surface area contributed by atoms with Crippen molar-refractivity contribution in [2.75, 3.05) is 25.3 Å². The molecule has 9 heteroatoms. The van der Waals surface area contributed by atoms with Crippen LogP contribution in [0.25, 0.3) is 15.3 Å². The van der Waals surface area contributed by atoms with Gasteiger partial charge < -0.3 is 20.5 Å². The fourth-order valence-electron chi connectivity index (χ4n) is 2.50. The molecule has 4 rings (SSSR count). The number of anilines is 3. The number of fused-ring (bicyclic) bond motifs is 1. The molecule has 0 spiro atoms. The second-order valence-corrected chi connectivity index (χ2v) is 6.37. The Kier molecular flexibility index (Phi) is 4.05. The van der Waals surface area contributed by atoms with E-state index in [4.69, 9.17) is 15.2 Å². The van der Waals surface area contributed by atoms with E-state index in [0.717, 1.165) is 10.2 Å². The number of benzene rings is 2. The Balaban J connectivity index is 1.69. The summed E-state index contributed by atoms with van der Waals surface area (Å²) in [7, 11) is 3.19. The Labute approximate surface area is 153 Å². The van der Waals surface area contributed by atoms with Crippen molar-refractivity contribution < 1.29 is 9.47 Å². The van der Waals surface area contributed by atoms with Crippen LogP contribution in [0.3, 0.4) is 0 Å². The fourth-order valence-corrected chi connectivity index (χ4v) is 3.43. The van der Waals surface area contributed by atoms with Gasteiger partial charge in [-0.3, -0.25) is 0 Å². The average Bonchev–Trinajstić information content (AvgIpc) is 3.24. The summed E-state index contributed by atoms with van der Waals surface area (Å²) in [4.78, 5) is 8.82. The molecular formula is C17H16N6O2S.